The quantitative estimate of drug-likeness (QED) is 0.306. The van der Waals surface area contributed by atoms with Crippen molar-refractivity contribution in [1.82, 2.24) is 0 Å². The van der Waals surface area contributed by atoms with Crippen molar-refractivity contribution in [2.24, 2.45) is 29.1 Å². The fourth-order valence-electron chi connectivity index (χ4n) is 10.3. The van der Waals surface area contributed by atoms with Gasteiger partial charge in [-0.1, -0.05) is 78.3 Å². The summed E-state index contributed by atoms with van der Waals surface area (Å²) in [6.07, 6.45) is 7.39. The molecule has 4 saturated carbocycles. The molecule has 172 valence electrons. The highest BCUT2D eigenvalue weighted by Gasteiger charge is 2.79. The van der Waals surface area contributed by atoms with Crippen LogP contribution >= 0.6 is 11.6 Å². The number of halogens is 1. The molecule has 1 nitrogen and oxygen atoms in total. The maximum Gasteiger partial charge on any atom is 0.0719 e. The monoisotopic (exact) mass is 473 g/mol. The lowest BCUT2D eigenvalue weighted by Crippen LogP contribution is -2.62. The van der Waals surface area contributed by atoms with E-state index in [-0.39, 0.29) is 5.41 Å². The van der Waals surface area contributed by atoms with E-state index in [4.69, 9.17) is 11.6 Å². The van der Waals surface area contributed by atoms with Gasteiger partial charge in [0.2, 0.25) is 0 Å². The number of hydrogen-bond acceptors (Lipinski definition) is 1. The van der Waals surface area contributed by atoms with Gasteiger partial charge in [-0.05, 0) is 95.4 Å². The molecule has 0 heterocycles. The highest BCUT2D eigenvalue weighted by Crippen LogP contribution is 2.85. The van der Waals surface area contributed by atoms with E-state index in [1.54, 1.807) is 11.1 Å². The third-order valence-corrected chi connectivity index (χ3v) is 11.3. The normalized spacial score (nSPS) is 34.7. The smallest absolute Gasteiger partial charge is 0.0719 e. The van der Waals surface area contributed by atoms with Gasteiger partial charge in [0, 0.05) is 22.1 Å². The van der Waals surface area contributed by atoms with Gasteiger partial charge in [-0.3, -0.25) is 0 Å². The molecule has 1 N–H and O–H groups in total. The lowest BCUT2D eigenvalue weighted by Gasteiger charge is -2.64. The van der Waals surface area contributed by atoms with E-state index >= 15 is 0 Å². The average Bonchev–Trinajstić information content (AvgIpc) is 3.42. The van der Waals surface area contributed by atoms with Crippen LogP contribution in [0.1, 0.15) is 43.2 Å². The van der Waals surface area contributed by atoms with Gasteiger partial charge in [-0.2, -0.15) is 0 Å². The van der Waals surface area contributed by atoms with Crippen LogP contribution < -0.4 is 5.32 Å². The van der Waals surface area contributed by atoms with Crippen LogP contribution in [0.5, 0.6) is 0 Å². The Morgan fingerprint density at radius 3 is 2.29 bits per heavy atom. The van der Waals surface area contributed by atoms with Gasteiger partial charge >= 0.3 is 0 Å². The second kappa shape index (κ2) is 6.31. The van der Waals surface area contributed by atoms with Crippen LogP contribution in [-0.2, 0) is 5.41 Å². The number of nitrogens with one attached hydrogen (secondary N) is 1. The predicted octanol–water partition coefficient (Wildman–Crippen LogP) is 8.96. The lowest BCUT2D eigenvalue weighted by molar-refractivity contribution is -0.0820. The highest BCUT2D eigenvalue weighted by atomic mass is 35.5. The summed E-state index contributed by atoms with van der Waals surface area (Å²) in [5.74, 6) is 3.58. The number of fused-ring (bicyclic) bond motifs is 10. The van der Waals surface area contributed by atoms with Gasteiger partial charge in [0.1, 0.15) is 0 Å². The summed E-state index contributed by atoms with van der Waals surface area (Å²) < 4.78 is 0. The molecule has 0 aliphatic heterocycles. The first-order valence-electron chi connectivity index (χ1n) is 13.4. The summed E-state index contributed by atoms with van der Waals surface area (Å²) in [4.78, 5) is 0. The molecule has 5 aliphatic carbocycles. The van der Waals surface area contributed by atoms with Crippen molar-refractivity contribution in [3.63, 3.8) is 0 Å². The van der Waals surface area contributed by atoms with Crippen molar-refractivity contribution in [3.05, 3.63) is 95.0 Å². The zero-order chi connectivity index (χ0) is 22.9. The van der Waals surface area contributed by atoms with Crippen LogP contribution in [0.15, 0.2) is 78.9 Å². The van der Waals surface area contributed by atoms with E-state index in [2.05, 4.69) is 84.2 Å². The first-order valence-corrected chi connectivity index (χ1v) is 13.8. The van der Waals surface area contributed by atoms with Gasteiger partial charge < -0.3 is 5.32 Å². The van der Waals surface area contributed by atoms with E-state index in [1.165, 1.54) is 54.3 Å². The Morgan fingerprint density at radius 2 is 1.43 bits per heavy atom. The first kappa shape index (κ1) is 19.4. The highest BCUT2D eigenvalue weighted by molar-refractivity contribution is 6.38. The molecule has 3 bridgehead atoms. The Hall–Kier alpha value is -2.77. The second-order valence-corrected chi connectivity index (χ2v) is 12.5. The topological polar surface area (TPSA) is 12.0 Å². The Bertz CT molecular complexity index is 1540. The van der Waals surface area contributed by atoms with Crippen molar-refractivity contribution >= 4 is 33.7 Å². The Kier molecular flexibility index (Phi) is 3.50. The summed E-state index contributed by atoms with van der Waals surface area (Å²) in [5, 5.41) is 6.88. The van der Waals surface area contributed by atoms with Crippen LogP contribution in [0.4, 0.5) is 11.4 Å². The number of hydrogen-bond donors (Lipinski definition) is 1. The third kappa shape index (κ3) is 2.12. The Balaban J connectivity index is 1.25. The zero-order valence-electron chi connectivity index (χ0n) is 19.7. The van der Waals surface area contributed by atoms with Gasteiger partial charge in [0.25, 0.3) is 0 Å². The van der Waals surface area contributed by atoms with Crippen molar-refractivity contribution in [1.29, 1.82) is 0 Å². The van der Waals surface area contributed by atoms with Crippen molar-refractivity contribution in [3.8, 4) is 11.1 Å². The maximum absolute atomic E-state index is 6.94. The van der Waals surface area contributed by atoms with Crippen molar-refractivity contribution < 1.29 is 0 Å². The molecular formula is C33H28ClN. The first-order chi connectivity index (χ1) is 17.2. The van der Waals surface area contributed by atoms with E-state index in [0.717, 1.165) is 39.8 Å². The molecule has 9 rings (SSSR count). The molecule has 5 aliphatic rings. The fraction of sp³-hybridized carbons (Fsp3) is 0.333. The second-order valence-electron chi connectivity index (χ2n) is 12.1. The molecule has 4 atom stereocenters. The van der Waals surface area contributed by atoms with E-state index in [0.29, 0.717) is 5.41 Å². The van der Waals surface area contributed by atoms with Gasteiger partial charge in [0.15, 0.2) is 0 Å². The Morgan fingerprint density at radius 1 is 0.686 bits per heavy atom. The third-order valence-electron chi connectivity index (χ3n) is 10.9. The van der Waals surface area contributed by atoms with Crippen molar-refractivity contribution in [2.45, 2.75) is 37.5 Å². The largest absolute Gasteiger partial charge is 0.354 e. The summed E-state index contributed by atoms with van der Waals surface area (Å²) in [5.41, 5.74) is 9.12. The van der Waals surface area contributed by atoms with Gasteiger partial charge in [0.05, 0.1) is 10.7 Å². The van der Waals surface area contributed by atoms with Crippen LogP contribution in [0.3, 0.4) is 0 Å². The Labute approximate surface area is 211 Å². The summed E-state index contributed by atoms with van der Waals surface area (Å²) >= 11 is 6.94. The molecule has 4 aromatic carbocycles. The molecular weight excluding hydrogens is 446 g/mol. The number of benzene rings is 4. The van der Waals surface area contributed by atoms with Crippen LogP contribution in [0.2, 0.25) is 5.02 Å². The minimum Gasteiger partial charge on any atom is -0.354 e. The molecule has 35 heavy (non-hydrogen) atoms. The molecule has 0 aromatic heterocycles. The SMILES string of the molecule is Clc1c(Nc2cccc3c2-c2ccccc2C32C3CC4CC5CC2C3(C4)C5)ccc2ccccc12. The van der Waals surface area contributed by atoms with Gasteiger partial charge in [-0.15, -0.1) is 0 Å². The molecule has 2 heteroatoms. The predicted molar refractivity (Wildman–Crippen MR) is 144 cm³/mol. The van der Waals surface area contributed by atoms with E-state index in [1.807, 2.05) is 0 Å². The minimum absolute atomic E-state index is 0.223. The average molecular weight is 474 g/mol. The summed E-state index contributed by atoms with van der Waals surface area (Å²) in [6.45, 7) is 0. The van der Waals surface area contributed by atoms with E-state index < -0.39 is 0 Å². The number of rotatable bonds is 2. The number of anilines is 2. The molecule has 2 spiro atoms. The van der Waals surface area contributed by atoms with Crippen LogP contribution in [0, 0.1) is 29.1 Å². The molecule has 4 fully saturated rings. The molecule has 4 aromatic rings. The lowest BCUT2D eigenvalue weighted by atomic mass is 9.38. The molecule has 4 unspecified atom stereocenters. The fourth-order valence-corrected chi connectivity index (χ4v) is 10.5. The summed E-state index contributed by atoms with van der Waals surface area (Å²) in [7, 11) is 0. The molecule has 0 radical (unpaired) electrons. The molecule has 0 saturated heterocycles. The standard InChI is InChI=1S/C33H28ClN/c34-31-22-7-2-1-6-21(22)12-13-27(31)35-26-11-5-10-25-30(26)23-8-3-4-9-24(23)33(25)28-15-19-14-20-16-29(33)32(28,17-19)18-20/h1-13,19-20,28-29,35H,14-18H2. The summed E-state index contributed by atoms with van der Waals surface area (Å²) in [6, 6.07) is 29.0. The van der Waals surface area contributed by atoms with Crippen LogP contribution in [-0.4, -0.2) is 0 Å². The van der Waals surface area contributed by atoms with Crippen molar-refractivity contribution in [2.75, 3.05) is 5.32 Å². The molecule has 0 amide bonds. The van der Waals surface area contributed by atoms with E-state index in [9.17, 15) is 0 Å². The zero-order valence-corrected chi connectivity index (χ0v) is 20.5. The van der Waals surface area contributed by atoms with Crippen LogP contribution in [0.25, 0.3) is 21.9 Å². The van der Waals surface area contributed by atoms with Gasteiger partial charge in [-0.25, -0.2) is 0 Å². The minimum atomic E-state index is 0.223. The maximum atomic E-state index is 6.94.